The lowest BCUT2D eigenvalue weighted by atomic mass is 10.0. The number of carbonyl (C=O) groups excluding carboxylic acids is 3. The highest BCUT2D eigenvalue weighted by Gasteiger charge is 2.14. The van der Waals surface area contributed by atoms with E-state index >= 15 is 0 Å². The molecule has 0 saturated heterocycles. The molecule has 0 spiro atoms. The molecule has 0 N–H and O–H groups in total. The Balaban J connectivity index is 3.89. The van der Waals surface area contributed by atoms with E-state index in [4.69, 9.17) is 9.47 Å². The monoisotopic (exact) mass is 498 g/mol. The van der Waals surface area contributed by atoms with Gasteiger partial charge in [0.15, 0.2) is 0 Å². The van der Waals surface area contributed by atoms with Crippen molar-refractivity contribution in [1.82, 2.24) is 0 Å². The lowest BCUT2D eigenvalue weighted by Gasteiger charge is -2.18. The summed E-state index contributed by atoms with van der Waals surface area (Å²) < 4.78 is 15.6. The maximum absolute atomic E-state index is 12.3. The van der Waals surface area contributed by atoms with Crippen LogP contribution in [0.2, 0.25) is 0 Å². The average Bonchev–Trinajstić information content (AvgIpc) is 2.85. The molecule has 0 saturated carbocycles. The fraction of sp³-hybridized carbons (Fsp3) is 0.897. The van der Waals surface area contributed by atoms with E-state index in [9.17, 15) is 14.4 Å². The van der Waals surface area contributed by atoms with Gasteiger partial charge in [-0.05, 0) is 51.4 Å². The standard InChI is InChI=1S/C29H54O6/c1-4-6-8-15-20-26(35-29(32)24-19-18-22-27(30)33-3)21-16-13-11-9-10-12-14-17-23-28(31)34-25-7-5-2/h26H,4-25H2,1-3H3. The van der Waals surface area contributed by atoms with E-state index in [1.807, 2.05) is 0 Å². The highest BCUT2D eigenvalue weighted by atomic mass is 16.5. The lowest BCUT2D eigenvalue weighted by Crippen LogP contribution is -2.18. The van der Waals surface area contributed by atoms with E-state index in [1.54, 1.807) is 0 Å². The first-order valence-corrected chi connectivity index (χ1v) is 14.4. The van der Waals surface area contributed by atoms with Gasteiger partial charge in [-0.1, -0.05) is 78.1 Å². The second-order valence-electron chi connectivity index (χ2n) is 9.69. The molecular weight excluding hydrogens is 444 g/mol. The molecule has 0 radical (unpaired) electrons. The van der Waals surface area contributed by atoms with Crippen LogP contribution in [0.1, 0.15) is 149 Å². The zero-order valence-corrected chi connectivity index (χ0v) is 23.1. The molecular formula is C29H54O6. The van der Waals surface area contributed by atoms with Crippen molar-refractivity contribution in [2.75, 3.05) is 13.7 Å². The van der Waals surface area contributed by atoms with Gasteiger partial charge < -0.3 is 14.2 Å². The van der Waals surface area contributed by atoms with Gasteiger partial charge in [-0.15, -0.1) is 0 Å². The maximum atomic E-state index is 12.3. The number of hydrogen-bond donors (Lipinski definition) is 0. The van der Waals surface area contributed by atoms with Crippen LogP contribution in [0.25, 0.3) is 0 Å². The Morgan fingerprint density at radius 1 is 0.543 bits per heavy atom. The average molecular weight is 499 g/mol. The van der Waals surface area contributed by atoms with Crippen LogP contribution in [-0.2, 0) is 28.6 Å². The first-order valence-electron chi connectivity index (χ1n) is 14.4. The molecule has 0 amide bonds. The zero-order valence-electron chi connectivity index (χ0n) is 23.1. The molecule has 6 heteroatoms. The van der Waals surface area contributed by atoms with Crippen LogP contribution in [-0.4, -0.2) is 37.7 Å². The molecule has 0 heterocycles. The predicted octanol–water partition coefficient (Wildman–Crippen LogP) is 7.85. The fourth-order valence-electron chi connectivity index (χ4n) is 4.05. The molecule has 6 nitrogen and oxygen atoms in total. The topological polar surface area (TPSA) is 78.9 Å². The largest absolute Gasteiger partial charge is 0.469 e. The molecule has 206 valence electrons. The van der Waals surface area contributed by atoms with Crippen LogP contribution >= 0.6 is 0 Å². The summed E-state index contributed by atoms with van der Waals surface area (Å²) >= 11 is 0. The second kappa shape index (κ2) is 25.5. The summed E-state index contributed by atoms with van der Waals surface area (Å²) in [6, 6.07) is 0. The van der Waals surface area contributed by atoms with Gasteiger partial charge in [0.2, 0.25) is 0 Å². The third-order valence-electron chi connectivity index (χ3n) is 6.34. The number of unbranched alkanes of at least 4 members (excludes halogenated alkanes) is 12. The van der Waals surface area contributed by atoms with Gasteiger partial charge in [0, 0.05) is 19.3 Å². The summed E-state index contributed by atoms with van der Waals surface area (Å²) in [5, 5.41) is 0. The Kier molecular flexibility index (Phi) is 24.3. The first-order chi connectivity index (χ1) is 17.0. The minimum Gasteiger partial charge on any atom is -0.469 e. The number of ether oxygens (including phenoxy) is 3. The van der Waals surface area contributed by atoms with Crippen LogP contribution in [0.5, 0.6) is 0 Å². The molecule has 0 rings (SSSR count). The molecule has 0 aliphatic heterocycles. The molecule has 1 atom stereocenters. The highest BCUT2D eigenvalue weighted by Crippen LogP contribution is 2.18. The number of carbonyl (C=O) groups is 3. The Bertz CT molecular complexity index is 519. The van der Waals surface area contributed by atoms with Gasteiger partial charge in [-0.3, -0.25) is 14.4 Å². The van der Waals surface area contributed by atoms with Crippen LogP contribution in [0.15, 0.2) is 0 Å². The van der Waals surface area contributed by atoms with E-state index < -0.39 is 0 Å². The maximum Gasteiger partial charge on any atom is 0.306 e. The molecule has 0 aromatic carbocycles. The van der Waals surface area contributed by atoms with Crippen molar-refractivity contribution in [2.45, 2.75) is 155 Å². The molecule has 35 heavy (non-hydrogen) atoms. The van der Waals surface area contributed by atoms with Gasteiger partial charge in [0.05, 0.1) is 13.7 Å². The smallest absolute Gasteiger partial charge is 0.306 e. The van der Waals surface area contributed by atoms with Crippen molar-refractivity contribution in [3.8, 4) is 0 Å². The number of rotatable bonds is 25. The number of hydrogen-bond acceptors (Lipinski definition) is 6. The summed E-state index contributed by atoms with van der Waals surface area (Å²) in [6.45, 7) is 4.86. The fourth-order valence-corrected chi connectivity index (χ4v) is 4.05. The van der Waals surface area contributed by atoms with Gasteiger partial charge in [0.25, 0.3) is 0 Å². The van der Waals surface area contributed by atoms with Gasteiger partial charge in [-0.2, -0.15) is 0 Å². The van der Waals surface area contributed by atoms with E-state index in [0.717, 1.165) is 51.4 Å². The van der Waals surface area contributed by atoms with E-state index in [0.29, 0.717) is 38.7 Å². The van der Waals surface area contributed by atoms with E-state index in [2.05, 4.69) is 18.6 Å². The molecule has 0 aliphatic rings. The van der Waals surface area contributed by atoms with Crippen molar-refractivity contribution in [1.29, 1.82) is 0 Å². The summed E-state index contributed by atoms with van der Waals surface area (Å²) in [5.74, 6) is -0.413. The van der Waals surface area contributed by atoms with E-state index in [-0.39, 0.29) is 24.0 Å². The van der Waals surface area contributed by atoms with Crippen LogP contribution in [0.3, 0.4) is 0 Å². The van der Waals surface area contributed by atoms with Gasteiger partial charge >= 0.3 is 17.9 Å². The molecule has 0 aromatic heterocycles. The summed E-state index contributed by atoms with van der Waals surface area (Å²) in [7, 11) is 1.38. The lowest BCUT2D eigenvalue weighted by molar-refractivity contribution is -0.150. The first kappa shape index (κ1) is 33.4. The van der Waals surface area contributed by atoms with Crippen molar-refractivity contribution in [3.63, 3.8) is 0 Å². The van der Waals surface area contributed by atoms with E-state index in [1.165, 1.54) is 58.5 Å². The van der Waals surface area contributed by atoms with Gasteiger partial charge in [0.1, 0.15) is 6.10 Å². The van der Waals surface area contributed by atoms with Gasteiger partial charge in [-0.25, -0.2) is 0 Å². The Hall–Kier alpha value is -1.59. The Morgan fingerprint density at radius 3 is 1.57 bits per heavy atom. The molecule has 1 unspecified atom stereocenters. The number of methoxy groups -OCH3 is 1. The second-order valence-corrected chi connectivity index (χ2v) is 9.69. The van der Waals surface area contributed by atoms with Crippen molar-refractivity contribution in [3.05, 3.63) is 0 Å². The molecule has 0 aromatic rings. The summed E-state index contributed by atoms with van der Waals surface area (Å²) in [6.07, 6.45) is 20.4. The normalized spacial score (nSPS) is 11.7. The number of esters is 3. The molecule has 0 aliphatic carbocycles. The SMILES string of the molecule is CCCCCCC(CCCCCCCCCCC(=O)OCCCC)OC(=O)CCCCC(=O)OC. The van der Waals surface area contributed by atoms with Crippen LogP contribution in [0.4, 0.5) is 0 Å². The highest BCUT2D eigenvalue weighted by molar-refractivity contribution is 5.70. The summed E-state index contributed by atoms with van der Waals surface area (Å²) in [5.41, 5.74) is 0. The minimum absolute atomic E-state index is 0.0250. The van der Waals surface area contributed by atoms with Crippen molar-refractivity contribution in [2.24, 2.45) is 0 Å². The van der Waals surface area contributed by atoms with Crippen LogP contribution in [0, 0.1) is 0 Å². The third-order valence-corrected chi connectivity index (χ3v) is 6.34. The quantitative estimate of drug-likeness (QED) is 0.0724. The van der Waals surface area contributed by atoms with Crippen LogP contribution < -0.4 is 0 Å². The zero-order chi connectivity index (χ0) is 26.0. The molecule has 0 fully saturated rings. The summed E-state index contributed by atoms with van der Waals surface area (Å²) in [4.78, 5) is 35.0. The molecule has 0 bridgehead atoms. The Labute approximate surface area is 215 Å². The van der Waals surface area contributed by atoms with Crippen molar-refractivity contribution >= 4 is 17.9 Å². The third kappa shape index (κ3) is 23.9. The Morgan fingerprint density at radius 2 is 1.00 bits per heavy atom. The predicted molar refractivity (Wildman–Crippen MR) is 141 cm³/mol. The van der Waals surface area contributed by atoms with Crippen molar-refractivity contribution < 1.29 is 28.6 Å². The minimum atomic E-state index is -0.227.